The molecule has 0 bridgehead atoms. The fourth-order valence-corrected chi connectivity index (χ4v) is 3.14. The summed E-state index contributed by atoms with van der Waals surface area (Å²) in [7, 11) is 0. The first-order valence-electron chi connectivity index (χ1n) is 8.61. The Bertz CT molecular complexity index is 858. The van der Waals surface area contributed by atoms with Crippen molar-refractivity contribution in [3.63, 3.8) is 0 Å². The monoisotopic (exact) mass is 449 g/mol. The molecule has 0 aliphatic heterocycles. The van der Waals surface area contributed by atoms with Crippen molar-refractivity contribution in [3.05, 3.63) is 69.9 Å². The zero-order chi connectivity index (χ0) is 20.7. The summed E-state index contributed by atoms with van der Waals surface area (Å²) in [6.07, 6.45) is 0.345. The highest BCUT2D eigenvalue weighted by Crippen LogP contribution is 2.17. The van der Waals surface area contributed by atoms with Crippen LogP contribution in [-0.4, -0.2) is 29.8 Å². The standard InChI is InChI=1S/C20H21BrFN3O3/c1-12(26)24-18(10-13-6-8-15(22)9-7-13)20(28)25-17(19(23)27)11-14-4-2-3-5-16(14)21/h2-9,17-18H,10-11H2,1H3,(H2,23,27)(H,24,26)(H,25,28)/t17-,18-/m0/s1. The Morgan fingerprint density at radius 2 is 1.64 bits per heavy atom. The summed E-state index contributed by atoms with van der Waals surface area (Å²) in [6, 6.07) is 11.0. The lowest BCUT2D eigenvalue weighted by Gasteiger charge is -2.22. The number of hydrogen-bond acceptors (Lipinski definition) is 3. The highest BCUT2D eigenvalue weighted by molar-refractivity contribution is 9.10. The van der Waals surface area contributed by atoms with Gasteiger partial charge in [-0.3, -0.25) is 14.4 Å². The molecule has 2 aromatic rings. The number of rotatable bonds is 8. The second kappa shape index (κ2) is 9.98. The van der Waals surface area contributed by atoms with Gasteiger partial charge in [-0.1, -0.05) is 46.3 Å². The van der Waals surface area contributed by atoms with E-state index in [-0.39, 0.29) is 12.8 Å². The smallest absolute Gasteiger partial charge is 0.243 e. The Labute approximate surface area is 170 Å². The van der Waals surface area contributed by atoms with Crippen LogP contribution in [0.4, 0.5) is 4.39 Å². The van der Waals surface area contributed by atoms with E-state index in [1.54, 1.807) is 0 Å². The van der Waals surface area contributed by atoms with Gasteiger partial charge in [0.15, 0.2) is 0 Å². The molecule has 0 saturated carbocycles. The molecule has 148 valence electrons. The Kier molecular flexibility index (Phi) is 7.69. The van der Waals surface area contributed by atoms with E-state index < -0.39 is 35.6 Å². The number of amides is 3. The molecule has 2 rings (SSSR count). The zero-order valence-corrected chi connectivity index (χ0v) is 16.8. The third-order valence-electron chi connectivity index (χ3n) is 4.09. The maximum absolute atomic E-state index is 13.1. The van der Waals surface area contributed by atoms with E-state index in [9.17, 15) is 18.8 Å². The predicted molar refractivity (Wildman–Crippen MR) is 107 cm³/mol. The first kappa shape index (κ1) is 21.6. The minimum absolute atomic E-state index is 0.145. The maximum Gasteiger partial charge on any atom is 0.243 e. The number of hydrogen-bond donors (Lipinski definition) is 3. The van der Waals surface area contributed by atoms with Gasteiger partial charge in [-0.05, 0) is 29.3 Å². The van der Waals surface area contributed by atoms with Gasteiger partial charge < -0.3 is 16.4 Å². The summed E-state index contributed by atoms with van der Waals surface area (Å²) >= 11 is 3.40. The van der Waals surface area contributed by atoms with Crippen LogP contribution in [0.1, 0.15) is 18.1 Å². The molecule has 0 aliphatic carbocycles. The first-order valence-corrected chi connectivity index (χ1v) is 9.40. The molecule has 4 N–H and O–H groups in total. The molecule has 8 heteroatoms. The maximum atomic E-state index is 13.1. The van der Waals surface area contributed by atoms with Crippen LogP contribution in [0.3, 0.4) is 0 Å². The number of benzene rings is 2. The van der Waals surface area contributed by atoms with Crippen LogP contribution < -0.4 is 16.4 Å². The van der Waals surface area contributed by atoms with Crippen LogP contribution in [0.25, 0.3) is 0 Å². The summed E-state index contributed by atoms with van der Waals surface area (Å²) in [5.74, 6) is -2.03. The lowest BCUT2D eigenvalue weighted by molar-refractivity contribution is -0.130. The van der Waals surface area contributed by atoms with Gasteiger partial charge in [-0.2, -0.15) is 0 Å². The van der Waals surface area contributed by atoms with Crippen LogP contribution >= 0.6 is 15.9 Å². The quantitative estimate of drug-likeness (QED) is 0.572. The summed E-state index contributed by atoms with van der Waals surface area (Å²) in [6.45, 7) is 1.29. The van der Waals surface area contributed by atoms with Crippen molar-refractivity contribution in [3.8, 4) is 0 Å². The van der Waals surface area contributed by atoms with Crippen LogP contribution in [0.15, 0.2) is 53.0 Å². The van der Waals surface area contributed by atoms with Crippen LogP contribution in [0.5, 0.6) is 0 Å². The minimum Gasteiger partial charge on any atom is -0.368 e. The van der Waals surface area contributed by atoms with Gasteiger partial charge in [0.25, 0.3) is 0 Å². The summed E-state index contributed by atoms with van der Waals surface area (Å²) in [5, 5.41) is 5.16. The molecule has 3 amide bonds. The zero-order valence-electron chi connectivity index (χ0n) is 15.2. The van der Waals surface area contributed by atoms with Crippen LogP contribution in [0, 0.1) is 5.82 Å². The van der Waals surface area contributed by atoms with Gasteiger partial charge in [0.2, 0.25) is 17.7 Å². The first-order chi connectivity index (χ1) is 13.3. The molecule has 6 nitrogen and oxygen atoms in total. The second-order valence-corrected chi connectivity index (χ2v) is 7.20. The number of primary amides is 1. The van der Waals surface area contributed by atoms with Gasteiger partial charge in [0.1, 0.15) is 17.9 Å². The van der Waals surface area contributed by atoms with Gasteiger partial charge in [-0.15, -0.1) is 0 Å². The molecule has 0 unspecified atom stereocenters. The molecule has 2 atom stereocenters. The average Bonchev–Trinajstić information content (AvgIpc) is 2.63. The molecule has 28 heavy (non-hydrogen) atoms. The Morgan fingerprint density at radius 1 is 1.00 bits per heavy atom. The largest absolute Gasteiger partial charge is 0.368 e. The molecule has 0 spiro atoms. The third-order valence-corrected chi connectivity index (χ3v) is 4.86. The molecule has 2 aromatic carbocycles. The minimum atomic E-state index is -0.948. The van der Waals surface area contributed by atoms with E-state index >= 15 is 0 Å². The van der Waals surface area contributed by atoms with Gasteiger partial charge in [0, 0.05) is 24.2 Å². The Balaban J connectivity index is 2.14. The lowest BCUT2D eigenvalue weighted by atomic mass is 10.0. The van der Waals surface area contributed by atoms with Crippen molar-refractivity contribution in [1.82, 2.24) is 10.6 Å². The second-order valence-electron chi connectivity index (χ2n) is 6.34. The molecule has 0 heterocycles. The summed E-state index contributed by atoms with van der Waals surface area (Å²) < 4.78 is 13.9. The van der Waals surface area contributed by atoms with Crippen LogP contribution in [-0.2, 0) is 27.2 Å². The normalized spacial score (nSPS) is 12.7. The number of halogens is 2. The van der Waals surface area contributed by atoms with Crippen LogP contribution in [0.2, 0.25) is 0 Å². The van der Waals surface area contributed by atoms with Crippen molar-refractivity contribution in [2.45, 2.75) is 31.8 Å². The third kappa shape index (κ3) is 6.45. The molecule has 0 fully saturated rings. The van der Waals surface area contributed by atoms with E-state index in [0.717, 1.165) is 10.0 Å². The van der Waals surface area contributed by atoms with E-state index in [1.165, 1.54) is 31.2 Å². The molecular weight excluding hydrogens is 429 g/mol. The van der Waals surface area contributed by atoms with Gasteiger partial charge in [-0.25, -0.2) is 4.39 Å². The number of nitrogens with one attached hydrogen (secondary N) is 2. The molecule has 0 aromatic heterocycles. The summed E-state index contributed by atoms with van der Waals surface area (Å²) in [5.41, 5.74) is 6.93. The number of nitrogens with two attached hydrogens (primary N) is 1. The van der Waals surface area contributed by atoms with Crippen molar-refractivity contribution in [1.29, 1.82) is 0 Å². The molecule has 0 saturated heterocycles. The topological polar surface area (TPSA) is 101 Å². The van der Waals surface area contributed by atoms with E-state index in [0.29, 0.717) is 5.56 Å². The van der Waals surface area contributed by atoms with Crippen molar-refractivity contribution in [2.24, 2.45) is 5.73 Å². The van der Waals surface area contributed by atoms with Crippen molar-refractivity contribution < 1.29 is 18.8 Å². The van der Waals surface area contributed by atoms with Crippen molar-refractivity contribution in [2.75, 3.05) is 0 Å². The highest BCUT2D eigenvalue weighted by Gasteiger charge is 2.26. The van der Waals surface area contributed by atoms with E-state index in [1.807, 2.05) is 24.3 Å². The SMILES string of the molecule is CC(=O)N[C@@H](Cc1ccc(F)cc1)C(=O)N[C@@H](Cc1ccccc1Br)C(N)=O. The number of carbonyl (C=O) groups excluding carboxylic acids is 3. The van der Waals surface area contributed by atoms with E-state index in [2.05, 4.69) is 26.6 Å². The number of carbonyl (C=O) groups is 3. The van der Waals surface area contributed by atoms with E-state index in [4.69, 9.17) is 5.73 Å². The molecule has 0 aliphatic rings. The average molecular weight is 450 g/mol. The fourth-order valence-electron chi connectivity index (χ4n) is 2.69. The molecular formula is C20H21BrFN3O3. The van der Waals surface area contributed by atoms with Crippen molar-refractivity contribution >= 4 is 33.7 Å². The Hall–Kier alpha value is -2.74. The van der Waals surface area contributed by atoms with Gasteiger partial charge >= 0.3 is 0 Å². The fraction of sp³-hybridized carbons (Fsp3) is 0.250. The highest BCUT2D eigenvalue weighted by atomic mass is 79.9. The predicted octanol–water partition coefficient (Wildman–Crippen LogP) is 1.85. The summed E-state index contributed by atoms with van der Waals surface area (Å²) in [4.78, 5) is 36.1. The lowest BCUT2D eigenvalue weighted by Crippen LogP contribution is -2.54. The Morgan fingerprint density at radius 3 is 2.21 bits per heavy atom. The van der Waals surface area contributed by atoms with Gasteiger partial charge in [0.05, 0.1) is 0 Å². The molecule has 0 radical (unpaired) electrons.